The van der Waals surface area contributed by atoms with Gasteiger partial charge in [0.05, 0.1) is 12.1 Å². The minimum atomic E-state index is -0.990. The molecule has 0 aliphatic carbocycles. The van der Waals surface area contributed by atoms with Gasteiger partial charge in [-0.2, -0.15) is 0 Å². The van der Waals surface area contributed by atoms with E-state index in [1.54, 1.807) is 13.8 Å². The number of hydrogen-bond acceptors (Lipinski definition) is 7. The van der Waals surface area contributed by atoms with Crippen LogP contribution in [0.3, 0.4) is 0 Å². The average molecular weight is 477 g/mol. The molecule has 1 fully saturated rings. The standard InChI is InChI=1S/C24H33ClN4O4/c1-5-26-22(30)16(2)12-17-6-8-18(9-7-17)33-19-10-11-29(13-19)21-20(25)23(28-15-27-21)32-14-24(3,4)31/h6-9,15-16,19,31H,5,10-14H2,1-4H3,(H,26,30)/t16?,19-/m1/s1. The summed E-state index contributed by atoms with van der Waals surface area (Å²) in [6.07, 6.45) is 2.93. The molecule has 0 spiro atoms. The summed E-state index contributed by atoms with van der Waals surface area (Å²) in [7, 11) is 0. The van der Waals surface area contributed by atoms with Crippen LogP contribution >= 0.6 is 11.6 Å². The number of carbonyl (C=O) groups excluding carboxylic acids is 1. The monoisotopic (exact) mass is 476 g/mol. The maximum atomic E-state index is 11.9. The van der Waals surface area contributed by atoms with E-state index in [0.29, 0.717) is 30.4 Å². The smallest absolute Gasteiger partial charge is 0.238 e. The summed E-state index contributed by atoms with van der Waals surface area (Å²) in [4.78, 5) is 22.4. The quantitative estimate of drug-likeness (QED) is 0.543. The van der Waals surface area contributed by atoms with Crippen molar-refractivity contribution in [2.75, 3.05) is 31.1 Å². The maximum absolute atomic E-state index is 11.9. The molecule has 1 aromatic heterocycles. The molecule has 0 radical (unpaired) electrons. The van der Waals surface area contributed by atoms with E-state index in [9.17, 15) is 9.90 Å². The molecule has 2 heterocycles. The number of benzene rings is 1. The Hall–Kier alpha value is -2.58. The van der Waals surface area contributed by atoms with Gasteiger partial charge in [-0.05, 0) is 44.9 Å². The summed E-state index contributed by atoms with van der Waals surface area (Å²) in [6.45, 7) is 9.26. The van der Waals surface area contributed by atoms with Gasteiger partial charge in [0.25, 0.3) is 0 Å². The van der Waals surface area contributed by atoms with E-state index in [1.807, 2.05) is 43.0 Å². The second kappa shape index (κ2) is 11.0. The third-order valence-corrected chi connectivity index (χ3v) is 5.64. The first kappa shape index (κ1) is 25.1. The molecule has 33 heavy (non-hydrogen) atoms. The number of aromatic nitrogens is 2. The van der Waals surface area contributed by atoms with Crippen LogP contribution in [0.2, 0.25) is 5.02 Å². The van der Waals surface area contributed by atoms with Gasteiger partial charge in [-0.25, -0.2) is 9.97 Å². The van der Waals surface area contributed by atoms with E-state index >= 15 is 0 Å². The first-order chi connectivity index (χ1) is 15.7. The molecule has 1 amide bonds. The first-order valence-corrected chi connectivity index (χ1v) is 11.7. The largest absolute Gasteiger partial charge is 0.489 e. The zero-order chi connectivity index (χ0) is 24.0. The average Bonchev–Trinajstić information content (AvgIpc) is 3.22. The van der Waals surface area contributed by atoms with E-state index in [0.717, 1.165) is 24.3 Å². The van der Waals surface area contributed by atoms with Gasteiger partial charge < -0.3 is 24.8 Å². The van der Waals surface area contributed by atoms with Crippen molar-refractivity contribution in [1.82, 2.24) is 15.3 Å². The van der Waals surface area contributed by atoms with Gasteiger partial charge in [-0.3, -0.25) is 4.79 Å². The number of ether oxygens (including phenoxy) is 2. The van der Waals surface area contributed by atoms with Crippen LogP contribution in [0.4, 0.5) is 5.82 Å². The third kappa shape index (κ3) is 7.20. The van der Waals surface area contributed by atoms with Crippen LogP contribution < -0.4 is 19.7 Å². The predicted molar refractivity (Wildman–Crippen MR) is 128 cm³/mol. The van der Waals surface area contributed by atoms with Gasteiger partial charge in [-0.15, -0.1) is 0 Å². The van der Waals surface area contributed by atoms with E-state index in [4.69, 9.17) is 21.1 Å². The van der Waals surface area contributed by atoms with E-state index in [-0.39, 0.29) is 30.4 Å². The summed E-state index contributed by atoms with van der Waals surface area (Å²) in [5.41, 5.74) is 0.108. The van der Waals surface area contributed by atoms with Crippen molar-refractivity contribution in [3.63, 3.8) is 0 Å². The lowest BCUT2D eigenvalue weighted by Gasteiger charge is -2.21. The van der Waals surface area contributed by atoms with Crippen LogP contribution in [0.5, 0.6) is 11.6 Å². The molecule has 1 aliphatic heterocycles. The SMILES string of the molecule is CCNC(=O)C(C)Cc1ccc(O[C@@H]2CCN(c3ncnc(OCC(C)(C)O)c3Cl)C2)cc1. The van der Waals surface area contributed by atoms with E-state index in [2.05, 4.69) is 15.3 Å². The topological polar surface area (TPSA) is 96.8 Å². The molecule has 8 nitrogen and oxygen atoms in total. The Balaban J connectivity index is 1.56. The lowest BCUT2D eigenvalue weighted by atomic mass is 10.0. The van der Waals surface area contributed by atoms with Crippen molar-refractivity contribution >= 4 is 23.3 Å². The number of aliphatic hydroxyl groups is 1. The summed E-state index contributed by atoms with van der Waals surface area (Å²) < 4.78 is 11.7. The molecule has 2 aromatic rings. The van der Waals surface area contributed by atoms with Gasteiger partial charge >= 0.3 is 0 Å². The normalized spacial score (nSPS) is 17.0. The Morgan fingerprint density at radius 2 is 2.06 bits per heavy atom. The van der Waals surface area contributed by atoms with E-state index in [1.165, 1.54) is 6.33 Å². The van der Waals surface area contributed by atoms with Gasteiger partial charge in [0.1, 0.15) is 29.8 Å². The van der Waals surface area contributed by atoms with Crippen molar-refractivity contribution in [1.29, 1.82) is 0 Å². The molecule has 3 rings (SSSR count). The number of carbonyl (C=O) groups is 1. The van der Waals surface area contributed by atoms with Crippen LogP contribution in [-0.4, -0.2) is 58.9 Å². The molecule has 1 unspecified atom stereocenters. The number of anilines is 1. The third-order valence-electron chi connectivity index (χ3n) is 5.31. The Bertz CT molecular complexity index is 933. The molecule has 0 saturated carbocycles. The fourth-order valence-electron chi connectivity index (χ4n) is 3.62. The second-order valence-corrected chi connectivity index (χ2v) is 9.41. The number of hydrogen-bond donors (Lipinski definition) is 2. The number of rotatable bonds is 10. The van der Waals surface area contributed by atoms with Crippen LogP contribution in [0.1, 0.15) is 39.7 Å². The van der Waals surface area contributed by atoms with Crippen molar-refractivity contribution in [2.24, 2.45) is 5.92 Å². The van der Waals surface area contributed by atoms with E-state index < -0.39 is 5.60 Å². The number of halogens is 1. The molecule has 0 bridgehead atoms. The molecular formula is C24H33ClN4O4. The minimum absolute atomic E-state index is 0.00289. The van der Waals surface area contributed by atoms with Crippen molar-refractivity contribution in [2.45, 2.75) is 52.2 Å². The van der Waals surface area contributed by atoms with Gasteiger partial charge in [0.2, 0.25) is 11.8 Å². The fourth-order valence-corrected chi connectivity index (χ4v) is 3.89. The molecule has 2 atom stereocenters. The molecule has 1 aromatic carbocycles. The van der Waals surface area contributed by atoms with Crippen LogP contribution in [0.15, 0.2) is 30.6 Å². The van der Waals surface area contributed by atoms with Crippen molar-refractivity contribution in [3.8, 4) is 11.6 Å². The van der Waals surface area contributed by atoms with Gasteiger partial charge in [0.15, 0.2) is 5.82 Å². The molecule has 180 valence electrons. The van der Waals surface area contributed by atoms with Gasteiger partial charge in [-0.1, -0.05) is 30.7 Å². The summed E-state index contributed by atoms with van der Waals surface area (Å²) in [6, 6.07) is 7.90. The first-order valence-electron chi connectivity index (χ1n) is 11.3. The van der Waals surface area contributed by atoms with Crippen molar-refractivity contribution < 1.29 is 19.4 Å². The van der Waals surface area contributed by atoms with Crippen LogP contribution in [-0.2, 0) is 11.2 Å². The highest BCUT2D eigenvalue weighted by Crippen LogP contribution is 2.33. The second-order valence-electron chi connectivity index (χ2n) is 9.04. The predicted octanol–water partition coefficient (Wildman–Crippen LogP) is 3.25. The summed E-state index contributed by atoms with van der Waals surface area (Å²) >= 11 is 6.48. The molecule has 2 N–H and O–H groups in total. The maximum Gasteiger partial charge on any atom is 0.238 e. The molecular weight excluding hydrogens is 444 g/mol. The highest BCUT2D eigenvalue weighted by Gasteiger charge is 2.28. The van der Waals surface area contributed by atoms with Crippen molar-refractivity contribution in [3.05, 3.63) is 41.2 Å². The number of nitrogens with zero attached hydrogens (tertiary/aromatic N) is 3. The molecule has 1 saturated heterocycles. The lowest BCUT2D eigenvalue weighted by molar-refractivity contribution is -0.124. The fraction of sp³-hybridized carbons (Fsp3) is 0.542. The lowest BCUT2D eigenvalue weighted by Crippen LogP contribution is -2.29. The Labute approximate surface area is 200 Å². The highest BCUT2D eigenvalue weighted by molar-refractivity contribution is 6.34. The number of nitrogens with one attached hydrogen (secondary N) is 1. The van der Waals surface area contributed by atoms with Crippen LogP contribution in [0.25, 0.3) is 0 Å². The summed E-state index contributed by atoms with van der Waals surface area (Å²) in [5.74, 6) is 1.64. The number of amides is 1. The highest BCUT2D eigenvalue weighted by atomic mass is 35.5. The Kier molecular flexibility index (Phi) is 8.37. The Morgan fingerprint density at radius 3 is 2.73 bits per heavy atom. The zero-order valence-corrected chi connectivity index (χ0v) is 20.4. The zero-order valence-electron chi connectivity index (χ0n) is 19.7. The van der Waals surface area contributed by atoms with Gasteiger partial charge in [0, 0.05) is 25.4 Å². The Morgan fingerprint density at radius 1 is 1.33 bits per heavy atom. The molecule has 1 aliphatic rings. The van der Waals surface area contributed by atoms with Crippen LogP contribution in [0, 0.1) is 5.92 Å². The minimum Gasteiger partial charge on any atom is -0.489 e. The summed E-state index contributed by atoms with van der Waals surface area (Å²) in [5, 5.41) is 13.1. The molecule has 9 heteroatoms.